The Morgan fingerprint density at radius 1 is 1.20 bits per heavy atom. The molecule has 0 amide bonds. The highest BCUT2D eigenvalue weighted by atomic mass is 16.5. The van der Waals surface area contributed by atoms with E-state index in [-0.39, 0.29) is 12.3 Å². The molecule has 4 heteroatoms. The highest BCUT2D eigenvalue weighted by Crippen LogP contribution is 2.15. The van der Waals surface area contributed by atoms with Crippen LogP contribution in [0.25, 0.3) is 0 Å². The molecule has 104 valence electrons. The fraction of sp³-hybridized carbons (Fsp3) is 0.250. The van der Waals surface area contributed by atoms with Crippen molar-refractivity contribution in [3.63, 3.8) is 0 Å². The minimum Gasteiger partial charge on any atom is -0.456 e. The Kier molecular flexibility index (Phi) is 4.35. The van der Waals surface area contributed by atoms with Crippen molar-refractivity contribution >= 4 is 11.7 Å². The zero-order valence-electron chi connectivity index (χ0n) is 11.7. The largest absolute Gasteiger partial charge is 0.456 e. The van der Waals surface area contributed by atoms with Gasteiger partial charge in [-0.3, -0.25) is 0 Å². The molecule has 2 aromatic rings. The molecular weight excluding hydrogens is 252 g/mol. The van der Waals surface area contributed by atoms with Gasteiger partial charge < -0.3 is 10.5 Å². The Bertz CT molecular complexity index is 574. The van der Waals surface area contributed by atoms with Crippen molar-refractivity contribution in [3.8, 4) is 0 Å². The number of esters is 1. The summed E-state index contributed by atoms with van der Waals surface area (Å²) in [5, 5.41) is 0. The first-order chi connectivity index (χ1) is 9.56. The summed E-state index contributed by atoms with van der Waals surface area (Å²) in [6.45, 7) is 4.52. The van der Waals surface area contributed by atoms with Gasteiger partial charge in [-0.1, -0.05) is 38.1 Å². The molecular formula is C16H18N2O2. The van der Waals surface area contributed by atoms with E-state index in [2.05, 4.69) is 31.0 Å². The van der Waals surface area contributed by atoms with Crippen LogP contribution in [0.2, 0.25) is 0 Å². The molecule has 0 fully saturated rings. The highest BCUT2D eigenvalue weighted by Gasteiger charge is 2.08. The molecule has 0 saturated heterocycles. The summed E-state index contributed by atoms with van der Waals surface area (Å²) in [5.41, 5.74) is 8.52. The average Bonchev–Trinajstić information content (AvgIpc) is 2.46. The Balaban J connectivity index is 1.94. The van der Waals surface area contributed by atoms with Gasteiger partial charge in [-0.05, 0) is 29.2 Å². The minimum absolute atomic E-state index is 0.239. The normalized spacial score (nSPS) is 10.6. The Hall–Kier alpha value is -2.36. The predicted molar refractivity (Wildman–Crippen MR) is 78.3 cm³/mol. The second-order valence-corrected chi connectivity index (χ2v) is 4.95. The molecule has 0 saturated carbocycles. The van der Waals surface area contributed by atoms with Crippen molar-refractivity contribution in [3.05, 3.63) is 59.4 Å². The lowest BCUT2D eigenvalue weighted by molar-refractivity contribution is 0.0466. The molecule has 2 N–H and O–H groups in total. The van der Waals surface area contributed by atoms with Gasteiger partial charge in [-0.2, -0.15) is 0 Å². The number of ether oxygens (including phenoxy) is 1. The van der Waals surface area contributed by atoms with Gasteiger partial charge in [0.05, 0.1) is 11.9 Å². The molecule has 1 aromatic heterocycles. The second-order valence-electron chi connectivity index (χ2n) is 4.95. The van der Waals surface area contributed by atoms with E-state index >= 15 is 0 Å². The SMILES string of the molecule is CC(C)c1ccc(COC(=O)c2ccc(N)cn2)cc1. The van der Waals surface area contributed by atoms with E-state index in [9.17, 15) is 4.79 Å². The van der Waals surface area contributed by atoms with Crippen LogP contribution in [0.5, 0.6) is 0 Å². The van der Waals surface area contributed by atoms with Crippen molar-refractivity contribution in [1.82, 2.24) is 4.98 Å². The molecule has 0 bridgehead atoms. The molecule has 0 aliphatic rings. The maximum absolute atomic E-state index is 11.8. The van der Waals surface area contributed by atoms with Crippen LogP contribution >= 0.6 is 0 Å². The summed E-state index contributed by atoms with van der Waals surface area (Å²) >= 11 is 0. The second kappa shape index (κ2) is 6.19. The van der Waals surface area contributed by atoms with Crippen LogP contribution in [0, 0.1) is 0 Å². The lowest BCUT2D eigenvalue weighted by Crippen LogP contribution is -2.07. The number of nitrogens with zero attached hydrogens (tertiary/aromatic N) is 1. The van der Waals surface area contributed by atoms with Gasteiger partial charge >= 0.3 is 5.97 Å². The molecule has 1 aromatic carbocycles. The van der Waals surface area contributed by atoms with Gasteiger partial charge in [-0.15, -0.1) is 0 Å². The van der Waals surface area contributed by atoms with Gasteiger partial charge in [0.2, 0.25) is 0 Å². The van der Waals surface area contributed by atoms with Crippen molar-refractivity contribution in [2.75, 3.05) is 5.73 Å². The number of nitrogens with two attached hydrogens (primary N) is 1. The number of carbonyl (C=O) groups excluding carboxylic acids is 1. The van der Waals surface area contributed by atoms with Crippen LogP contribution in [0.1, 0.15) is 41.4 Å². The average molecular weight is 270 g/mol. The van der Waals surface area contributed by atoms with E-state index in [0.717, 1.165) is 5.56 Å². The summed E-state index contributed by atoms with van der Waals surface area (Å²) in [5.74, 6) is 0.0449. The number of hydrogen-bond acceptors (Lipinski definition) is 4. The van der Waals surface area contributed by atoms with Crippen LogP contribution < -0.4 is 5.73 Å². The first-order valence-corrected chi connectivity index (χ1v) is 6.54. The molecule has 0 aliphatic carbocycles. The van der Waals surface area contributed by atoms with Crippen LogP contribution in [0.4, 0.5) is 5.69 Å². The molecule has 0 unspecified atom stereocenters. The summed E-state index contributed by atoms with van der Waals surface area (Å²) in [6, 6.07) is 11.2. The number of carbonyl (C=O) groups is 1. The highest BCUT2D eigenvalue weighted by molar-refractivity contribution is 5.87. The first-order valence-electron chi connectivity index (χ1n) is 6.54. The molecule has 0 spiro atoms. The molecule has 0 radical (unpaired) electrons. The Morgan fingerprint density at radius 2 is 1.90 bits per heavy atom. The zero-order chi connectivity index (χ0) is 14.5. The standard InChI is InChI=1S/C16H18N2O2/c1-11(2)13-5-3-12(4-6-13)10-20-16(19)15-8-7-14(17)9-18-15/h3-9,11H,10,17H2,1-2H3. The number of nitrogen functional groups attached to an aromatic ring is 1. The molecule has 0 aliphatic heterocycles. The lowest BCUT2D eigenvalue weighted by Gasteiger charge is -2.07. The fourth-order valence-corrected chi connectivity index (χ4v) is 1.75. The van der Waals surface area contributed by atoms with Crippen molar-refractivity contribution in [2.24, 2.45) is 0 Å². The molecule has 4 nitrogen and oxygen atoms in total. The number of anilines is 1. The van der Waals surface area contributed by atoms with E-state index in [4.69, 9.17) is 10.5 Å². The zero-order valence-corrected chi connectivity index (χ0v) is 11.7. The van der Waals surface area contributed by atoms with E-state index in [1.165, 1.54) is 11.8 Å². The number of rotatable bonds is 4. The van der Waals surface area contributed by atoms with Gasteiger partial charge in [0, 0.05) is 0 Å². The van der Waals surface area contributed by atoms with Gasteiger partial charge in [0.1, 0.15) is 12.3 Å². The number of hydrogen-bond donors (Lipinski definition) is 1. The fourth-order valence-electron chi connectivity index (χ4n) is 1.75. The quantitative estimate of drug-likeness (QED) is 0.867. The lowest BCUT2D eigenvalue weighted by atomic mass is 10.0. The molecule has 2 rings (SSSR count). The van der Waals surface area contributed by atoms with Crippen LogP contribution in [0.3, 0.4) is 0 Å². The van der Waals surface area contributed by atoms with E-state index in [1.807, 2.05) is 12.1 Å². The maximum Gasteiger partial charge on any atom is 0.357 e. The topological polar surface area (TPSA) is 65.2 Å². The minimum atomic E-state index is -0.446. The van der Waals surface area contributed by atoms with E-state index in [1.54, 1.807) is 12.1 Å². The molecule has 1 heterocycles. The van der Waals surface area contributed by atoms with Crippen molar-refractivity contribution < 1.29 is 9.53 Å². The third kappa shape index (κ3) is 3.57. The Labute approximate surface area is 118 Å². The van der Waals surface area contributed by atoms with E-state index in [0.29, 0.717) is 11.6 Å². The third-order valence-corrected chi connectivity index (χ3v) is 3.01. The molecule has 20 heavy (non-hydrogen) atoms. The number of benzene rings is 1. The summed E-state index contributed by atoms with van der Waals surface area (Å²) < 4.78 is 5.21. The van der Waals surface area contributed by atoms with Gasteiger partial charge in [-0.25, -0.2) is 9.78 Å². The third-order valence-electron chi connectivity index (χ3n) is 3.01. The Morgan fingerprint density at radius 3 is 2.45 bits per heavy atom. The maximum atomic E-state index is 11.8. The predicted octanol–water partition coefficient (Wildman–Crippen LogP) is 3.14. The van der Waals surface area contributed by atoms with Gasteiger partial charge in [0.25, 0.3) is 0 Å². The van der Waals surface area contributed by atoms with Crippen molar-refractivity contribution in [2.45, 2.75) is 26.4 Å². The first kappa shape index (κ1) is 14.1. The molecule has 0 atom stereocenters. The van der Waals surface area contributed by atoms with Crippen LogP contribution in [-0.2, 0) is 11.3 Å². The van der Waals surface area contributed by atoms with Gasteiger partial charge in [0.15, 0.2) is 0 Å². The monoisotopic (exact) mass is 270 g/mol. The van der Waals surface area contributed by atoms with Crippen LogP contribution in [-0.4, -0.2) is 11.0 Å². The summed E-state index contributed by atoms with van der Waals surface area (Å²) in [6.07, 6.45) is 1.44. The smallest absolute Gasteiger partial charge is 0.357 e. The van der Waals surface area contributed by atoms with E-state index < -0.39 is 5.97 Å². The number of pyridine rings is 1. The number of aromatic nitrogens is 1. The van der Waals surface area contributed by atoms with Crippen molar-refractivity contribution in [1.29, 1.82) is 0 Å². The summed E-state index contributed by atoms with van der Waals surface area (Å²) in [7, 11) is 0. The van der Waals surface area contributed by atoms with Crippen LogP contribution in [0.15, 0.2) is 42.6 Å². The summed E-state index contributed by atoms with van der Waals surface area (Å²) in [4.78, 5) is 15.7.